The van der Waals surface area contributed by atoms with Gasteiger partial charge in [0, 0.05) is 5.56 Å². The zero-order valence-electron chi connectivity index (χ0n) is 13.5. The third kappa shape index (κ3) is 1.78. The highest BCUT2D eigenvalue weighted by atomic mass is 16.5. The zero-order valence-corrected chi connectivity index (χ0v) is 13.5. The Labute approximate surface area is 132 Å². The van der Waals surface area contributed by atoms with Gasteiger partial charge in [-0.1, -0.05) is 13.0 Å². The Kier molecular flexibility index (Phi) is 3.19. The minimum atomic E-state index is -0.116. The van der Waals surface area contributed by atoms with Crippen molar-refractivity contribution in [2.75, 3.05) is 7.11 Å². The van der Waals surface area contributed by atoms with E-state index in [1.807, 2.05) is 0 Å². The summed E-state index contributed by atoms with van der Waals surface area (Å²) >= 11 is 0. The molecule has 0 aliphatic heterocycles. The number of phenols is 1. The van der Waals surface area contributed by atoms with Crippen molar-refractivity contribution >= 4 is 0 Å². The van der Waals surface area contributed by atoms with Crippen LogP contribution in [-0.2, 0) is 6.42 Å². The number of hydrogen-bond acceptors (Lipinski definition) is 3. The van der Waals surface area contributed by atoms with Gasteiger partial charge in [-0.05, 0) is 73.3 Å². The number of methoxy groups -OCH3 is 1. The van der Waals surface area contributed by atoms with Crippen molar-refractivity contribution in [3.63, 3.8) is 0 Å². The van der Waals surface area contributed by atoms with E-state index < -0.39 is 0 Å². The molecule has 0 amide bonds. The van der Waals surface area contributed by atoms with Crippen LogP contribution in [0.4, 0.5) is 0 Å². The number of phenolic OH excluding ortho intramolecular Hbond substituents is 1. The average molecular weight is 302 g/mol. The summed E-state index contributed by atoms with van der Waals surface area (Å²) in [5, 5.41) is 20.5. The van der Waals surface area contributed by atoms with Gasteiger partial charge < -0.3 is 14.9 Å². The summed E-state index contributed by atoms with van der Waals surface area (Å²) in [6, 6.07) is 3.90. The molecular weight excluding hydrogens is 276 g/mol. The van der Waals surface area contributed by atoms with Crippen LogP contribution in [0.3, 0.4) is 0 Å². The number of hydrogen-bond donors (Lipinski definition) is 2. The maximum atomic E-state index is 10.4. The van der Waals surface area contributed by atoms with Crippen molar-refractivity contribution in [3.05, 3.63) is 23.3 Å². The lowest BCUT2D eigenvalue weighted by Crippen LogP contribution is -2.43. The van der Waals surface area contributed by atoms with Crippen molar-refractivity contribution in [2.24, 2.45) is 17.3 Å². The standard InChI is InChI=1S/C19H26O3/c1-19-10-9-12-11-5-7-16(20)18(22-2)14(11)4-3-13(12)15(19)6-8-17(19)21/h5,7,12-13,15,17,20-21H,3-4,6,8-10H2,1-2H3/t12-,13+,15+,17-,19-/m0/s1. The summed E-state index contributed by atoms with van der Waals surface area (Å²) < 4.78 is 5.46. The van der Waals surface area contributed by atoms with Gasteiger partial charge in [0.15, 0.2) is 11.5 Å². The molecule has 5 atom stereocenters. The van der Waals surface area contributed by atoms with Crippen molar-refractivity contribution in [1.82, 2.24) is 0 Å². The summed E-state index contributed by atoms with van der Waals surface area (Å²) in [6.07, 6.45) is 6.42. The van der Waals surface area contributed by atoms with Gasteiger partial charge in [0.1, 0.15) is 0 Å². The van der Waals surface area contributed by atoms with E-state index in [0.717, 1.165) is 32.1 Å². The molecule has 3 aliphatic rings. The molecule has 4 rings (SSSR count). The zero-order chi connectivity index (χ0) is 15.5. The second-order valence-corrected chi connectivity index (χ2v) is 7.74. The van der Waals surface area contributed by atoms with Crippen molar-refractivity contribution in [2.45, 2.75) is 57.5 Å². The van der Waals surface area contributed by atoms with Crippen molar-refractivity contribution in [1.29, 1.82) is 0 Å². The molecule has 0 unspecified atom stereocenters. The maximum absolute atomic E-state index is 10.4. The van der Waals surface area contributed by atoms with Gasteiger partial charge in [-0.15, -0.1) is 0 Å². The number of rotatable bonds is 1. The minimum absolute atomic E-state index is 0.116. The van der Waals surface area contributed by atoms with E-state index in [-0.39, 0.29) is 17.3 Å². The average Bonchev–Trinajstić information content (AvgIpc) is 2.82. The second-order valence-electron chi connectivity index (χ2n) is 7.74. The summed E-state index contributed by atoms with van der Waals surface area (Å²) in [4.78, 5) is 0. The topological polar surface area (TPSA) is 49.7 Å². The molecule has 22 heavy (non-hydrogen) atoms. The van der Waals surface area contributed by atoms with Crippen LogP contribution in [0.25, 0.3) is 0 Å². The van der Waals surface area contributed by atoms with Crippen molar-refractivity contribution < 1.29 is 14.9 Å². The highest BCUT2D eigenvalue weighted by molar-refractivity contribution is 5.52. The van der Waals surface area contributed by atoms with Gasteiger partial charge in [-0.3, -0.25) is 0 Å². The fourth-order valence-electron chi connectivity index (χ4n) is 5.82. The predicted octanol–water partition coefficient (Wildman–Crippen LogP) is 3.62. The first kappa shape index (κ1) is 14.4. The molecule has 3 aliphatic carbocycles. The summed E-state index contributed by atoms with van der Waals surface area (Å²) in [5.41, 5.74) is 2.72. The monoisotopic (exact) mass is 302 g/mol. The predicted molar refractivity (Wildman–Crippen MR) is 85.3 cm³/mol. The third-order valence-corrected chi connectivity index (χ3v) is 6.99. The van der Waals surface area contributed by atoms with Crippen molar-refractivity contribution in [3.8, 4) is 11.5 Å². The highest BCUT2D eigenvalue weighted by Crippen LogP contribution is 2.61. The Morgan fingerprint density at radius 2 is 2.00 bits per heavy atom. The Bertz CT molecular complexity index is 597. The van der Waals surface area contributed by atoms with Crippen LogP contribution >= 0.6 is 0 Å². The molecule has 1 aromatic rings. The van der Waals surface area contributed by atoms with Crippen LogP contribution in [0.5, 0.6) is 11.5 Å². The summed E-state index contributed by atoms with van der Waals surface area (Å²) in [5.74, 6) is 2.83. The van der Waals surface area contributed by atoms with Gasteiger partial charge in [0.2, 0.25) is 0 Å². The Hall–Kier alpha value is -1.22. The molecule has 0 bridgehead atoms. The number of benzene rings is 1. The molecule has 0 heterocycles. The fraction of sp³-hybridized carbons (Fsp3) is 0.684. The quantitative estimate of drug-likeness (QED) is 0.833. The van der Waals surface area contributed by atoms with E-state index in [1.54, 1.807) is 13.2 Å². The third-order valence-electron chi connectivity index (χ3n) is 6.99. The molecule has 3 nitrogen and oxygen atoms in total. The summed E-state index contributed by atoms with van der Waals surface area (Å²) in [6.45, 7) is 2.30. The van der Waals surface area contributed by atoms with E-state index >= 15 is 0 Å². The lowest BCUT2D eigenvalue weighted by Gasteiger charge is -2.50. The Balaban J connectivity index is 1.74. The van der Waals surface area contributed by atoms with E-state index in [2.05, 4.69) is 13.0 Å². The number of ether oxygens (including phenoxy) is 1. The first-order valence-corrected chi connectivity index (χ1v) is 8.63. The molecule has 0 spiro atoms. The molecule has 2 N–H and O–H groups in total. The van der Waals surface area contributed by atoms with Gasteiger partial charge in [-0.25, -0.2) is 0 Å². The van der Waals surface area contributed by atoms with E-state index in [0.29, 0.717) is 23.5 Å². The number of aliphatic hydroxyl groups excluding tert-OH is 1. The number of fused-ring (bicyclic) bond motifs is 5. The Morgan fingerprint density at radius 3 is 2.77 bits per heavy atom. The van der Waals surface area contributed by atoms with Crippen LogP contribution in [0.15, 0.2) is 12.1 Å². The lowest BCUT2D eigenvalue weighted by molar-refractivity contribution is -0.0227. The first-order chi connectivity index (χ1) is 10.6. The van der Waals surface area contributed by atoms with Crippen LogP contribution in [0.1, 0.15) is 56.1 Å². The molecule has 120 valence electrons. The SMILES string of the molecule is COc1c(O)ccc2c1CC[C@H]1[C@H]3CC[C@H](O)[C@@]3(C)CC[C@@H]21. The van der Waals surface area contributed by atoms with Crippen LogP contribution in [0.2, 0.25) is 0 Å². The molecule has 1 aromatic carbocycles. The molecule has 3 heteroatoms. The molecule has 2 fully saturated rings. The number of aromatic hydroxyl groups is 1. The lowest BCUT2D eigenvalue weighted by atomic mass is 9.55. The molecule has 0 saturated heterocycles. The summed E-state index contributed by atoms with van der Waals surface area (Å²) in [7, 11) is 1.65. The Morgan fingerprint density at radius 1 is 1.18 bits per heavy atom. The van der Waals surface area contributed by atoms with Crippen LogP contribution < -0.4 is 4.74 Å². The van der Waals surface area contributed by atoms with E-state index in [9.17, 15) is 10.2 Å². The largest absolute Gasteiger partial charge is 0.504 e. The van der Waals surface area contributed by atoms with Gasteiger partial charge in [0.05, 0.1) is 13.2 Å². The fourth-order valence-corrected chi connectivity index (χ4v) is 5.82. The molecule has 0 radical (unpaired) electrons. The smallest absolute Gasteiger partial charge is 0.163 e. The molecule has 0 aromatic heterocycles. The van der Waals surface area contributed by atoms with E-state index in [1.165, 1.54) is 17.5 Å². The number of aliphatic hydroxyl groups is 1. The highest BCUT2D eigenvalue weighted by Gasteiger charge is 2.54. The van der Waals surface area contributed by atoms with E-state index in [4.69, 9.17) is 4.74 Å². The first-order valence-electron chi connectivity index (χ1n) is 8.63. The molecule has 2 saturated carbocycles. The van der Waals surface area contributed by atoms with Crippen LogP contribution in [-0.4, -0.2) is 23.4 Å². The van der Waals surface area contributed by atoms with Gasteiger partial charge >= 0.3 is 0 Å². The minimum Gasteiger partial charge on any atom is -0.504 e. The second kappa shape index (κ2) is 4.89. The molecular formula is C19H26O3. The van der Waals surface area contributed by atoms with Crippen LogP contribution in [0, 0.1) is 17.3 Å². The van der Waals surface area contributed by atoms with Gasteiger partial charge in [0.25, 0.3) is 0 Å². The van der Waals surface area contributed by atoms with Gasteiger partial charge in [-0.2, -0.15) is 0 Å². The maximum Gasteiger partial charge on any atom is 0.163 e. The normalized spacial score (nSPS) is 39.8.